The Labute approximate surface area is 339 Å². The number of carbonyl (C=O) groups excluding carboxylic acids is 2. The van der Waals surface area contributed by atoms with Gasteiger partial charge in [0.15, 0.2) is 0 Å². The van der Waals surface area contributed by atoms with Gasteiger partial charge in [0, 0.05) is 10.0 Å². The van der Waals surface area contributed by atoms with Crippen molar-refractivity contribution in [1.82, 2.24) is 9.97 Å². The van der Waals surface area contributed by atoms with E-state index in [1.807, 2.05) is 18.2 Å². The first-order chi connectivity index (χ1) is 24.3. The second-order valence-corrected chi connectivity index (χ2v) is 13.8. The molecule has 0 aliphatic rings. The zero-order valence-electron chi connectivity index (χ0n) is 30.6. The normalized spacial score (nSPS) is 9.69. The number of nitrogens with zero attached hydrogens (tertiary/aromatic N) is 4. The molecule has 2 aromatic heterocycles. The van der Waals surface area contributed by atoms with Crippen LogP contribution < -0.4 is 9.47 Å². The monoisotopic (exact) mass is 925 g/mol. The third-order valence-electron chi connectivity index (χ3n) is 5.98. The number of benzene rings is 2. The number of aryl methyl sites for hydroxylation is 2. The number of halogens is 2. The predicted molar refractivity (Wildman–Crippen MR) is 214 cm³/mol. The van der Waals surface area contributed by atoms with E-state index in [1.165, 1.54) is 22.7 Å². The number of thiazole rings is 2. The third kappa shape index (κ3) is 16.6. The summed E-state index contributed by atoms with van der Waals surface area (Å²) in [6.45, 7) is 31.7. The van der Waals surface area contributed by atoms with Gasteiger partial charge in [-0.25, -0.2) is 29.2 Å². The first-order valence-electron chi connectivity index (χ1n) is 15.6. The van der Waals surface area contributed by atoms with E-state index >= 15 is 0 Å². The van der Waals surface area contributed by atoms with Crippen molar-refractivity contribution in [2.45, 2.75) is 55.4 Å². The number of hydrogen-bond donors (Lipinski definition) is 0. The van der Waals surface area contributed by atoms with E-state index < -0.39 is 0 Å². The van der Waals surface area contributed by atoms with Crippen LogP contribution in [0.4, 0.5) is 11.4 Å². The van der Waals surface area contributed by atoms with Gasteiger partial charge in [0.2, 0.25) is 11.4 Å². The number of esters is 2. The van der Waals surface area contributed by atoms with Crippen LogP contribution >= 0.6 is 52.7 Å². The fraction of sp³-hybridized carbons (Fsp3) is 0.378. The first-order valence-corrected chi connectivity index (χ1v) is 20.4. The summed E-state index contributed by atoms with van der Waals surface area (Å²) in [5.41, 5.74) is 4.81. The van der Waals surface area contributed by atoms with Gasteiger partial charge in [-0.1, -0.05) is 49.7 Å². The molecule has 0 saturated heterocycles. The summed E-state index contributed by atoms with van der Waals surface area (Å²) >= 11 is 12.4. The first kappa shape index (κ1) is 48.7. The molecule has 4 aromatic rings. The molecule has 0 aliphatic carbocycles. The SMILES string of the molecule is CCOC(=O)c1scnc1C.[C-]#[N+]c1cc(-c2nc(C)c(C(=O)OCC)s2)ccc1OCC(C)C.[C-]#[N+]c1cc(Br)ccc1OCC(C)C.[CH3-].[Cu+][Br]. The molecule has 2 heterocycles. The molecule has 4 rings (SSSR count). The van der Waals surface area contributed by atoms with Gasteiger partial charge in [0.1, 0.15) is 26.3 Å². The average Bonchev–Trinajstić information content (AvgIpc) is 3.73. The fourth-order valence-corrected chi connectivity index (χ4v) is 5.67. The van der Waals surface area contributed by atoms with E-state index in [0.29, 0.717) is 81.6 Å². The van der Waals surface area contributed by atoms with Gasteiger partial charge in [0.25, 0.3) is 0 Å². The quantitative estimate of drug-likeness (QED) is 0.0832. The molecule has 0 amide bonds. The van der Waals surface area contributed by atoms with Crippen LogP contribution in [-0.4, -0.2) is 48.3 Å². The Hall–Kier alpha value is -3.30. The minimum absolute atomic E-state index is 0. The summed E-state index contributed by atoms with van der Waals surface area (Å²) in [7, 11) is 0. The molecule has 0 spiro atoms. The maximum atomic E-state index is 11.9. The molecule has 0 atom stereocenters. The summed E-state index contributed by atoms with van der Waals surface area (Å²) in [6.07, 6.45) is 0. The molecule has 0 unspecified atom stereocenters. The molecule has 0 fully saturated rings. The Morgan fingerprint density at radius 1 is 0.827 bits per heavy atom. The van der Waals surface area contributed by atoms with Gasteiger partial charge < -0.3 is 26.4 Å². The molecule has 0 bridgehead atoms. The van der Waals surface area contributed by atoms with E-state index in [2.05, 4.69) is 91.6 Å². The summed E-state index contributed by atoms with van der Waals surface area (Å²) in [5.74, 6) is 1.46. The number of aromatic nitrogens is 2. The second kappa shape index (κ2) is 26.5. The Morgan fingerprint density at radius 3 is 1.79 bits per heavy atom. The van der Waals surface area contributed by atoms with E-state index in [4.69, 9.17) is 32.1 Å². The Bertz CT molecular complexity index is 1780. The van der Waals surface area contributed by atoms with Crippen molar-refractivity contribution in [2.24, 2.45) is 11.8 Å². The number of ether oxygens (including phenoxy) is 4. The Balaban J connectivity index is 0.000000790. The molecule has 15 heteroatoms. The number of rotatable bonds is 11. The van der Waals surface area contributed by atoms with Gasteiger partial charge in [-0.2, -0.15) is 0 Å². The van der Waals surface area contributed by atoms with Gasteiger partial charge in [-0.15, -0.1) is 22.7 Å². The Morgan fingerprint density at radius 2 is 1.33 bits per heavy atom. The van der Waals surface area contributed by atoms with Gasteiger partial charge >= 0.3 is 40.3 Å². The van der Waals surface area contributed by atoms with Crippen LogP contribution in [0.1, 0.15) is 72.3 Å². The van der Waals surface area contributed by atoms with Crippen molar-refractivity contribution in [3.63, 3.8) is 0 Å². The molecule has 0 N–H and O–H groups in total. The van der Waals surface area contributed by atoms with Crippen LogP contribution in [0.2, 0.25) is 0 Å². The van der Waals surface area contributed by atoms with Crippen molar-refractivity contribution in [3.8, 4) is 22.1 Å². The van der Waals surface area contributed by atoms with Gasteiger partial charge in [0.05, 0.1) is 56.5 Å². The molecule has 52 heavy (non-hydrogen) atoms. The van der Waals surface area contributed by atoms with Crippen molar-refractivity contribution >= 4 is 76.0 Å². The van der Waals surface area contributed by atoms with E-state index in [-0.39, 0.29) is 19.4 Å². The van der Waals surface area contributed by atoms with Gasteiger partial charge in [-0.05, 0) is 69.9 Å². The predicted octanol–water partition coefficient (Wildman–Crippen LogP) is 11.8. The molecule has 285 valence electrons. The Kier molecular flexibility index (Phi) is 24.8. The van der Waals surface area contributed by atoms with Crippen molar-refractivity contribution < 1.29 is 42.7 Å². The maximum absolute atomic E-state index is 11.9. The van der Waals surface area contributed by atoms with E-state index in [0.717, 1.165) is 15.7 Å². The summed E-state index contributed by atoms with van der Waals surface area (Å²) in [4.78, 5) is 39.4. The summed E-state index contributed by atoms with van der Waals surface area (Å²) < 4.78 is 21.9. The van der Waals surface area contributed by atoms with E-state index in [1.54, 1.807) is 51.4 Å². The van der Waals surface area contributed by atoms with Gasteiger partial charge in [-0.3, -0.25) is 0 Å². The topological polar surface area (TPSA) is 106 Å². The third-order valence-corrected chi connectivity index (χ3v) is 8.56. The summed E-state index contributed by atoms with van der Waals surface area (Å²) in [6, 6.07) is 10.9. The molecule has 0 aliphatic heterocycles. The molecule has 0 radical (unpaired) electrons. The molecular weight excluding hydrogens is 884 g/mol. The number of hydrogen-bond acceptors (Lipinski definition) is 10. The zero-order valence-corrected chi connectivity index (χ0v) is 36.4. The van der Waals surface area contributed by atoms with Crippen molar-refractivity contribution in [3.05, 3.63) is 97.8 Å². The van der Waals surface area contributed by atoms with Crippen LogP contribution in [0.15, 0.2) is 46.4 Å². The van der Waals surface area contributed by atoms with E-state index in [9.17, 15) is 9.59 Å². The summed E-state index contributed by atoms with van der Waals surface area (Å²) in [5, 5.41) is 0.691. The second-order valence-electron chi connectivity index (χ2n) is 11.1. The van der Waals surface area contributed by atoms with Crippen LogP contribution in [0.5, 0.6) is 11.5 Å². The molecular formula is C37H44Br2CuN4O6S2. The zero-order chi connectivity index (χ0) is 38.5. The molecule has 2 aromatic carbocycles. The molecule has 0 saturated carbocycles. The van der Waals surface area contributed by atoms with Crippen molar-refractivity contribution in [1.29, 1.82) is 0 Å². The average molecular weight is 928 g/mol. The van der Waals surface area contributed by atoms with Crippen molar-refractivity contribution in [2.75, 3.05) is 26.4 Å². The minimum atomic E-state index is -0.360. The molecule has 10 nitrogen and oxygen atoms in total. The standard InChI is InChI=1S/C18H20N2O3S.C11H12BrNO.C7H9NO2S.CH3.BrH.Cu/c1-6-22-18(21)16-12(4)20-17(24-16)13-7-8-15(14(9-13)19-5)23-10-11(2)3;1-8(2)7-14-11-5-4-9(12)6-10(11)13-3;1-3-10-7(9)6-5(2)8-4-11-6;;;/h7-9,11H,6,10H2,1-4H3;4-6,8H,7H2,1-2H3;4H,3H2,1-2H3;1H3;1H;/q;;;-1;;+2/p-1. The van der Waals surface area contributed by atoms with Crippen LogP contribution in [0.3, 0.4) is 0 Å². The van der Waals surface area contributed by atoms with Crippen LogP contribution in [0.25, 0.3) is 20.3 Å². The van der Waals surface area contributed by atoms with Crippen LogP contribution in [-0.2, 0) is 23.7 Å². The van der Waals surface area contributed by atoms with Crippen LogP contribution in [0, 0.1) is 46.3 Å². The number of carbonyl (C=O) groups is 2. The fourth-order valence-electron chi connectivity index (χ4n) is 3.67.